The maximum absolute atomic E-state index is 13.6. The average Bonchev–Trinajstić information content (AvgIpc) is 3.08. The molecular formula is C23H19F3N4O3. The van der Waals surface area contributed by atoms with Crippen LogP contribution < -0.4 is 16.0 Å². The van der Waals surface area contributed by atoms with Gasteiger partial charge in [-0.05, 0) is 36.2 Å². The highest BCUT2D eigenvalue weighted by Crippen LogP contribution is 2.36. The van der Waals surface area contributed by atoms with E-state index in [1.807, 2.05) is 31.2 Å². The molecule has 0 spiro atoms. The maximum atomic E-state index is 13.6. The van der Waals surface area contributed by atoms with Crippen LogP contribution in [0.15, 0.2) is 70.4 Å². The summed E-state index contributed by atoms with van der Waals surface area (Å²) in [7, 11) is 1.43. The molecule has 4 rings (SSSR count). The van der Waals surface area contributed by atoms with Crippen molar-refractivity contribution < 1.29 is 17.9 Å². The van der Waals surface area contributed by atoms with Crippen LogP contribution in [0.3, 0.4) is 0 Å². The number of hydrogen-bond donors (Lipinski definition) is 1. The first kappa shape index (κ1) is 22.1. The molecule has 7 nitrogen and oxygen atoms in total. The summed E-state index contributed by atoms with van der Waals surface area (Å²) >= 11 is 0. The Bertz CT molecular complexity index is 1420. The molecule has 0 bridgehead atoms. The van der Waals surface area contributed by atoms with Crippen LogP contribution in [0.25, 0.3) is 11.1 Å². The van der Waals surface area contributed by atoms with Crippen LogP contribution >= 0.6 is 0 Å². The van der Waals surface area contributed by atoms with Crippen LogP contribution in [0.2, 0.25) is 0 Å². The summed E-state index contributed by atoms with van der Waals surface area (Å²) in [5, 5.41) is 6.00. The predicted octanol–water partition coefficient (Wildman–Crippen LogP) is 4.10. The molecule has 4 aromatic rings. The number of H-pyrrole nitrogens is 1. The summed E-state index contributed by atoms with van der Waals surface area (Å²) in [5.74, 6) is -0.594. The number of halogens is 3. The third-order valence-corrected chi connectivity index (χ3v) is 5.14. The van der Waals surface area contributed by atoms with E-state index in [0.29, 0.717) is 0 Å². The highest BCUT2D eigenvalue weighted by molar-refractivity contribution is 5.65. The third-order valence-electron chi connectivity index (χ3n) is 5.14. The minimum atomic E-state index is -4.80. The first-order valence-corrected chi connectivity index (χ1v) is 9.89. The lowest BCUT2D eigenvalue weighted by Gasteiger charge is -2.15. The van der Waals surface area contributed by atoms with Crippen molar-refractivity contribution in [2.24, 2.45) is 7.05 Å². The van der Waals surface area contributed by atoms with Crippen molar-refractivity contribution in [1.29, 1.82) is 0 Å². The molecule has 2 heterocycles. The molecule has 10 heteroatoms. The second-order valence-electron chi connectivity index (χ2n) is 7.49. The first-order valence-electron chi connectivity index (χ1n) is 9.89. The molecule has 2 aromatic carbocycles. The molecule has 0 saturated heterocycles. The van der Waals surface area contributed by atoms with Crippen molar-refractivity contribution in [1.82, 2.24) is 19.3 Å². The highest BCUT2D eigenvalue weighted by Gasteiger charge is 2.36. The van der Waals surface area contributed by atoms with Gasteiger partial charge < -0.3 is 9.30 Å². The summed E-state index contributed by atoms with van der Waals surface area (Å²) < 4.78 is 48.4. The number of aryl methyl sites for hydroxylation is 1. The molecule has 0 atom stereocenters. The normalized spacial score (nSPS) is 11.5. The van der Waals surface area contributed by atoms with Gasteiger partial charge in [0, 0.05) is 13.2 Å². The number of aromatic amines is 1. The van der Waals surface area contributed by atoms with Gasteiger partial charge in [-0.1, -0.05) is 42.0 Å². The van der Waals surface area contributed by atoms with Crippen LogP contribution in [-0.2, 0) is 19.8 Å². The number of ether oxygens (including phenoxy) is 1. The zero-order chi connectivity index (χ0) is 23.8. The zero-order valence-electron chi connectivity index (χ0n) is 17.7. The molecule has 0 fully saturated rings. The van der Waals surface area contributed by atoms with Gasteiger partial charge in [0.25, 0.3) is 5.56 Å². The number of benzene rings is 2. The highest BCUT2D eigenvalue weighted by atomic mass is 19.4. The first-order chi connectivity index (χ1) is 15.6. The van der Waals surface area contributed by atoms with Gasteiger partial charge >= 0.3 is 11.9 Å². The predicted molar refractivity (Wildman–Crippen MR) is 115 cm³/mol. The van der Waals surface area contributed by atoms with E-state index in [0.717, 1.165) is 38.1 Å². The quantitative estimate of drug-likeness (QED) is 0.490. The molecule has 0 amide bonds. The van der Waals surface area contributed by atoms with Crippen molar-refractivity contribution >= 4 is 0 Å². The molecule has 2 aromatic heterocycles. The van der Waals surface area contributed by atoms with E-state index >= 15 is 0 Å². The fourth-order valence-corrected chi connectivity index (χ4v) is 3.33. The Morgan fingerprint density at radius 2 is 1.76 bits per heavy atom. The Morgan fingerprint density at radius 3 is 2.36 bits per heavy atom. The number of aromatic nitrogens is 4. The Hall–Kier alpha value is -4.08. The van der Waals surface area contributed by atoms with Crippen LogP contribution in [-0.4, -0.2) is 19.3 Å². The maximum Gasteiger partial charge on any atom is 0.420 e. The van der Waals surface area contributed by atoms with Gasteiger partial charge in [0.05, 0.1) is 6.54 Å². The minimum absolute atomic E-state index is 0.0823. The average molecular weight is 456 g/mol. The Labute approximate surface area is 185 Å². The van der Waals surface area contributed by atoms with Crippen molar-refractivity contribution in [3.63, 3.8) is 0 Å². The lowest BCUT2D eigenvalue weighted by atomic mass is 10.0. The molecule has 0 radical (unpaired) electrons. The summed E-state index contributed by atoms with van der Waals surface area (Å²) in [6.45, 7) is 1.75. The number of nitrogens with one attached hydrogen (secondary N) is 1. The van der Waals surface area contributed by atoms with E-state index in [4.69, 9.17) is 4.74 Å². The van der Waals surface area contributed by atoms with Crippen molar-refractivity contribution in [2.45, 2.75) is 19.6 Å². The van der Waals surface area contributed by atoms with Gasteiger partial charge in [-0.3, -0.25) is 9.36 Å². The second-order valence-corrected chi connectivity index (χ2v) is 7.49. The van der Waals surface area contributed by atoms with E-state index in [-0.39, 0.29) is 18.1 Å². The summed E-state index contributed by atoms with van der Waals surface area (Å²) in [4.78, 5) is 24.4. The Morgan fingerprint density at radius 1 is 1.03 bits per heavy atom. The summed E-state index contributed by atoms with van der Waals surface area (Å²) in [5.41, 5.74) is 0.179. The van der Waals surface area contributed by atoms with Gasteiger partial charge in [-0.15, -0.1) is 0 Å². The van der Waals surface area contributed by atoms with Crippen LogP contribution in [0.4, 0.5) is 13.2 Å². The van der Waals surface area contributed by atoms with Crippen molar-refractivity contribution in [3.8, 4) is 22.6 Å². The van der Waals surface area contributed by atoms with E-state index in [1.54, 1.807) is 12.1 Å². The van der Waals surface area contributed by atoms with Gasteiger partial charge in [-0.25, -0.2) is 9.89 Å². The molecule has 1 N–H and O–H groups in total. The molecular weight excluding hydrogens is 437 g/mol. The van der Waals surface area contributed by atoms with Crippen LogP contribution in [0.5, 0.6) is 11.5 Å². The lowest BCUT2D eigenvalue weighted by Crippen LogP contribution is -2.26. The van der Waals surface area contributed by atoms with Gasteiger partial charge in [0.1, 0.15) is 11.3 Å². The summed E-state index contributed by atoms with van der Waals surface area (Å²) in [6.07, 6.45) is -3.80. The molecule has 0 unspecified atom stereocenters. The zero-order valence-corrected chi connectivity index (χ0v) is 17.7. The number of nitrogens with zero attached hydrogens (tertiary/aromatic N) is 3. The third kappa shape index (κ3) is 4.59. The monoisotopic (exact) mass is 456 g/mol. The van der Waals surface area contributed by atoms with E-state index in [9.17, 15) is 22.8 Å². The van der Waals surface area contributed by atoms with E-state index < -0.39 is 28.7 Å². The van der Waals surface area contributed by atoms with Gasteiger partial charge in [0.2, 0.25) is 5.75 Å². The molecule has 33 heavy (non-hydrogen) atoms. The Kier molecular flexibility index (Phi) is 5.67. The van der Waals surface area contributed by atoms with Crippen molar-refractivity contribution in [3.05, 3.63) is 98.6 Å². The topological polar surface area (TPSA) is 81.9 Å². The fourth-order valence-electron chi connectivity index (χ4n) is 3.33. The largest absolute Gasteiger partial charge is 0.451 e. The van der Waals surface area contributed by atoms with Crippen molar-refractivity contribution in [2.75, 3.05) is 0 Å². The fraction of sp³-hybridized carbons (Fsp3) is 0.174. The van der Waals surface area contributed by atoms with Gasteiger partial charge in [-0.2, -0.15) is 18.3 Å². The smallest absolute Gasteiger partial charge is 0.420 e. The molecule has 0 aliphatic carbocycles. The minimum Gasteiger partial charge on any atom is -0.451 e. The number of hydrogen-bond acceptors (Lipinski definition) is 4. The lowest BCUT2D eigenvalue weighted by molar-refractivity contribution is -0.138. The molecule has 0 aliphatic heterocycles. The SMILES string of the molecule is Cc1cccc(-c2ccc(Oc3c(C(F)(F)F)ccn(Cc4n[nH]c(=O)n4C)c3=O)cc2)c1. The number of rotatable bonds is 5. The molecule has 0 aliphatic rings. The number of alkyl halides is 3. The van der Waals surface area contributed by atoms with E-state index in [1.165, 1.54) is 19.2 Å². The molecule has 170 valence electrons. The molecule has 0 saturated carbocycles. The van der Waals surface area contributed by atoms with E-state index in [2.05, 4.69) is 10.2 Å². The van der Waals surface area contributed by atoms with Gasteiger partial charge in [0.15, 0.2) is 5.82 Å². The Balaban J connectivity index is 1.70. The standard InChI is InChI=1S/C23H19F3N4O3/c1-14-4-3-5-16(12-14)15-6-8-17(9-7-15)33-20-18(23(24,25)26)10-11-30(21(20)31)13-19-27-28-22(32)29(19)2/h3-12H,13H2,1-2H3,(H,28,32). The van der Waals surface area contributed by atoms with Crippen LogP contribution in [0, 0.1) is 6.92 Å². The van der Waals surface area contributed by atoms with Crippen LogP contribution in [0.1, 0.15) is 17.0 Å². The number of pyridine rings is 1. The second kappa shape index (κ2) is 8.45. The summed E-state index contributed by atoms with van der Waals surface area (Å²) in [6, 6.07) is 15.0.